The summed E-state index contributed by atoms with van der Waals surface area (Å²) in [6, 6.07) is 5.03. The second-order valence-corrected chi connectivity index (χ2v) is 14.7. The molecule has 6 aliphatic heterocycles. The van der Waals surface area contributed by atoms with E-state index < -0.39 is 39.1 Å². The van der Waals surface area contributed by atoms with Crippen LogP contribution in [0.1, 0.15) is 74.1 Å². The minimum atomic E-state index is -3.32. The number of alkyl halides is 2. The number of rotatable bonds is 1. The van der Waals surface area contributed by atoms with Gasteiger partial charge in [0.2, 0.25) is 0 Å². The summed E-state index contributed by atoms with van der Waals surface area (Å²) in [6.45, 7) is 3.77. The molecule has 6 aliphatic rings. The Balaban J connectivity index is 1.45. The van der Waals surface area contributed by atoms with Gasteiger partial charge in [-0.15, -0.1) is 10.2 Å². The molecule has 0 unspecified atom stereocenters. The average Bonchev–Trinajstić information content (AvgIpc) is 2.99. The molecule has 9 rings (SSSR count). The van der Waals surface area contributed by atoms with Gasteiger partial charge in [0.25, 0.3) is 17.4 Å². The van der Waals surface area contributed by atoms with Crippen molar-refractivity contribution in [3.05, 3.63) is 57.1 Å². The first-order valence-corrected chi connectivity index (χ1v) is 17.2. The Bertz CT molecular complexity index is 1710. The molecular weight excluding hydrogens is 595 g/mol. The van der Waals surface area contributed by atoms with Gasteiger partial charge >= 0.3 is 0 Å². The monoisotopic (exact) mass is 633 g/mol. The lowest BCUT2D eigenvalue weighted by atomic mass is 9.85. The second-order valence-electron chi connectivity index (χ2n) is 12.4. The van der Waals surface area contributed by atoms with Crippen molar-refractivity contribution < 1.29 is 26.3 Å². The van der Waals surface area contributed by atoms with Gasteiger partial charge in [0.1, 0.15) is 21.2 Å². The molecule has 8 heterocycles. The van der Waals surface area contributed by atoms with Crippen molar-refractivity contribution in [1.29, 1.82) is 0 Å². The van der Waals surface area contributed by atoms with Gasteiger partial charge in [0.05, 0.1) is 29.7 Å². The zero-order valence-corrected chi connectivity index (χ0v) is 25.8. The van der Waals surface area contributed by atoms with Gasteiger partial charge in [-0.25, -0.2) is 21.6 Å². The summed E-state index contributed by atoms with van der Waals surface area (Å²) >= 11 is 0. The van der Waals surface area contributed by atoms with Crippen LogP contribution in [-0.4, -0.2) is 65.8 Å². The second kappa shape index (κ2) is 12.0. The van der Waals surface area contributed by atoms with E-state index in [0.29, 0.717) is 55.4 Å². The fraction of sp³-hybridized carbons (Fsp3) is 0.581. The predicted octanol–water partition coefficient (Wildman–Crippen LogP) is 4.91. The van der Waals surface area contributed by atoms with Crippen LogP contribution >= 0.6 is 0 Å². The van der Waals surface area contributed by atoms with Crippen LogP contribution < -0.4 is 15.6 Å². The summed E-state index contributed by atoms with van der Waals surface area (Å²) in [5.74, 6) is -5.06. The van der Waals surface area contributed by atoms with E-state index in [4.69, 9.17) is 4.74 Å². The molecule has 0 amide bonds. The third-order valence-electron chi connectivity index (χ3n) is 9.55. The standard InChI is InChI=1S/C31H38F3N5O4S/c1-19-22-6-5-7-25(26(22)32)31(33,34)21-8-13-39(14-9-21)12-3-4-15-43-29-27-24(28(35-19)36-37-29)18-23(30(40)38(27)2)20-10-16-44(41,42)17-11-20/h5-7,18-21H,3-4,8-17H2,1-2H3,(H,35,36)/t19-/m1/s1. The first kappa shape index (κ1) is 30.8. The number of hydrogen-bond donors (Lipinski definition) is 1. The molecule has 1 aromatic carbocycles. The number of anilines is 1. The number of piperidine rings is 1. The van der Waals surface area contributed by atoms with E-state index in [2.05, 4.69) is 20.4 Å². The van der Waals surface area contributed by atoms with E-state index in [1.54, 1.807) is 20.0 Å². The largest absolute Gasteiger partial charge is 0.475 e. The maximum Gasteiger partial charge on any atom is 0.278 e. The SMILES string of the molecule is C[C@H]1Nc2nnc(c3c2cc(C2CCS(=O)(=O)CC2)c(=O)n3C)OCCCCN2CCC(CC2)C(F)(F)c2cccc1c2F. The summed E-state index contributed by atoms with van der Waals surface area (Å²) in [7, 11) is -1.53. The van der Waals surface area contributed by atoms with Gasteiger partial charge in [-0.1, -0.05) is 18.2 Å². The number of nitrogens with one attached hydrogen (secondary N) is 1. The third kappa shape index (κ3) is 5.80. The number of ether oxygens (including phenoxy) is 1. The van der Waals surface area contributed by atoms with Gasteiger partial charge in [0.15, 0.2) is 5.82 Å². The first-order valence-electron chi connectivity index (χ1n) is 15.4. The molecule has 2 aromatic heterocycles. The molecule has 13 heteroatoms. The molecule has 0 saturated carbocycles. The average molecular weight is 634 g/mol. The van der Waals surface area contributed by atoms with Gasteiger partial charge in [-0.3, -0.25) is 4.79 Å². The van der Waals surface area contributed by atoms with Crippen LogP contribution in [0.5, 0.6) is 5.88 Å². The number of nitrogens with zero attached hydrogens (tertiary/aromatic N) is 4. The zero-order valence-electron chi connectivity index (χ0n) is 25.0. The number of sulfone groups is 1. The highest BCUT2D eigenvalue weighted by Gasteiger charge is 2.45. The number of benzene rings is 1. The summed E-state index contributed by atoms with van der Waals surface area (Å²) in [4.78, 5) is 15.8. The lowest BCUT2D eigenvalue weighted by Crippen LogP contribution is -2.40. The van der Waals surface area contributed by atoms with Crippen LogP contribution in [-0.2, 0) is 22.8 Å². The minimum Gasteiger partial charge on any atom is -0.475 e. The molecule has 0 radical (unpaired) electrons. The van der Waals surface area contributed by atoms with E-state index in [0.717, 1.165) is 13.0 Å². The molecule has 238 valence electrons. The van der Waals surface area contributed by atoms with Crippen LogP contribution in [0, 0.1) is 11.7 Å². The van der Waals surface area contributed by atoms with Crippen LogP contribution in [0.2, 0.25) is 0 Å². The first-order chi connectivity index (χ1) is 21.0. The molecule has 1 N–H and O–H groups in total. The number of hydrogen-bond acceptors (Lipinski definition) is 8. The van der Waals surface area contributed by atoms with E-state index in [-0.39, 0.29) is 53.1 Å². The maximum absolute atomic E-state index is 15.9. The zero-order chi connectivity index (χ0) is 31.2. The molecule has 44 heavy (non-hydrogen) atoms. The van der Waals surface area contributed by atoms with Gasteiger partial charge in [-0.2, -0.15) is 0 Å². The quantitative estimate of drug-likeness (QED) is 0.403. The van der Waals surface area contributed by atoms with E-state index in [1.165, 1.54) is 22.8 Å². The highest BCUT2D eigenvalue weighted by atomic mass is 32.2. The Hall–Kier alpha value is -3.19. The van der Waals surface area contributed by atoms with Crippen molar-refractivity contribution in [3.63, 3.8) is 0 Å². The van der Waals surface area contributed by atoms with Crippen molar-refractivity contribution in [1.82, 2.24) is 19.7 Å². The van der Waals surface area contributed by atoms with Crippen molar-refractivity contribution in [3.8, 4) is 5.88 Å². The highest BCUT2D eigenvalue weighted by molar-refractivity contribution is 7.91. The minimum absolute atomic E-state index is 0.00247. The maximum atomic E-state index is 15.9. The van der Waals surface area contributed by atoms with E-state index >= 15 is 13.2 Å². The molecule has 2 saturated heterocycles. The Morgan fingerprint density at radius 3 is 2.48 bits per heavy atom. The van der Waals surface area contributed by atoms with E-state index in [1.807, 2.05) is 0 Å². The molecule has 9 nitrogen and oxygen atoms in total. The van der Waals surface area contributed by atoms with Crippen molar-refractivity contribution >= 4 is 26.6 Å². The number of aromatic nitrogens is 3. The predicted molar refractivity (Wildman–Crippen MR) is 162 cm³/mol. The Morgan fingerprint density at radius 2 is 1.75 bits per heavy atom. The topological polar surface area (TPSA) is 106 Å². The van der Waals surface area contributed by atoms with Gasteiger partial charge in [-0.05, 0) is 77.1 Å². The molecule has 2 fully saturated rings. The summed E-state index contributed by atoms with van der Waals surface area (Å²) in [5.41, 5.74) is 0.0433. The van der Waals surface area contributed by atoms with Crippen LogP contribution in [0.3, 0.4) is 0 Å². The Labute approximate surface area is 254 Å². The van der Waals surface area contributed by atoms with Crippen molar-refractivity contribution in [2.75, 3.05) is 43.1 Å². The summed E-state index contributed by atoms with van der Waals surface area (Å²) in [6.07, 6.45) is 2.70. The molecule has 0 aliphatic carbocycles. The van der Waals surface area contributed by atoms with Gasteiger partial charge in [0, 0.05) is 29.5 Å². The molecule has 3 aromatic rings. The van der Waals surface area contributed by atoms with Crippen LogP contribution in [0.25, 0.3) is 10.9 Å². The molecule has 1 atom stereocenters. The fourth-order valence-electron chi connectivity index (χ4n) is 6.86. The lowest BCUT2D eigenvalue weighted by Gasteiger charge is -2.36. The fourth-order valence-corrected chi connectivity index (χ4v) is 8.36. The Kier molecular flexibility index (Phi) is 8.38. The van der Waals surface area contributed by atoms with Crippen molar-refractivity contribution in [2.24, 2.45) is 13.0 Å². The van der Waals surface area contributed by atoms with Gasteiger partial charge < -0.3 is 19.5 Å². The normalized spacial score (nSPS) is 25.9. The molecule has 0 spiro atoms. The number of pyridine rings is 1. The molecule has 6 bridgehead atoms. The smallest absolute Gasteiger partial charge is 0.278 e. The van der Waals surface area contributed by atoms with Crippen LogP contribution in [0.4, 0.5) is 19.0 Å². The number of aryl methyl sites for hydroxylation is 1. The summed E-state index contributed by atoms with van der Waals surface area (Å²) < 4.78 is 79.2. The Morgan fingerprint density at radius 1 is 1.02 bits per heavy atom. The third-order valence-corrected chi connectivity index (χ3v) is 11.3. The highest BCUT2D eigenvalue weighted by Crippen LogP contribution is 2.44. The van der Waals surface area contributed by atoms with Crippen LogP contribution in [0.15, 0.2) is 29.1 Å². The summed E-state index contributed by atoms with van der Waals surface area (Å²) in [5, 5.41) is 12.3. The van der Waals surface area contributed by atoms with E-state index in [9.17, 15) is 13.2 Å². The van der Waals surface area contributed by atoms with Crippen molar-refractivity contribution in [2.45, 2.75) is 63.3 Å². The molecular formula is C31H38F3N5O4S. The lowest BCUT2D eigenvalue weighted by molar-refractivity contribution is -0.0880. The number of halogens is 3.